The van der Waals surface area contributed by atoms with Crippen molar-refractivity contribution in [1.29, 1.82) is 0 Å². The Morgan fingerprint density at radius 1 is 1.29 bits per heavy atom. The molecule has 0 N–H and O–H groups in total. The van der Waals surface area contributed by atoms with Gasteiger partial charge in [-0.1, -0.05) is 31.9 Å². The van der Waals surface area contributed by atoms with Gasteiger partial charge in [-0.05, 0) is 63.8 Å². The second kappa shape index (κ2) is 7.22. The normalized spacial score (nSPS) is 21.2. The molecule has 116 valence electrons. The van der Waals surface area contributed by atoms with Crippen molar-refractivity contribution in [1.82, 2.24) is 4.90 Å². The van der Waals surface area contributed by atoms with E-state index in [0.29, 0.717) is 6.04 Å². The summed E-state index contributed by atoms with van der Waals surface area (Å²) in [6, 6.07) is 6.69. The molecule has 2 unspecified atom stereocenters. The number of piperidine rings is 1. The summed E-state index contributed by atoms with van der Waals surface area (Å²) in [5.74, 6) is 0.279. The maximum absolute atomic E-state index is 12.8. The second-order valence-corrected chi connectivity index (χ2v) is 6.52. The van der Waals surface area contributed by atoms with Crippen LogP contribution in [0.25, 0.3) is 0 Å². The van der Waals surface area contributed by atoms with Crippen molar-refractivity contribution in [2.75, 3.05) is 6.54 Å². The monoisotopic (exact) mass is 287 g/mol. The molecule has 1 saturated heterocycles. The van der Waals surface area contributed by atoms with Crippen LogP contribution in [0.5, 0.6) is 0 Å². The number of hydrogen-bond donors (Lipinski definition) is 0. The lowest BCUT2D eigenvalue weighted by atomic mass is 9.93. The minimum atomic E-state index is 0.00366. The van der Waals surface area contributed by atoms with Gasteiger partial charge in [-0.25, -0.2) is 0 Å². The molecule has 1 fully saturated rings. The molecule has 1 aliphatic rings. The number of carbonyl (C=O) groups excluding carboxylic acids is 1. The Morgan fingerprint density at radius 3 is 2.71 bits per heavy atom. The van der Waals surface area contributed by atoms with Gasteiger partial charge in [-0.3, -0.25) is 9.69 Å². The fraction of sp³-hybridized carbons (Fsp3) is 0.632. The molecule has 2 rings (SSSR count). The van der Waals surface area contributed by atoms with E-state index in [1.54, 1.807) is 0 Å². The first-order chi connectivity index (χ1) is 10.0. The van der Waals surface area contributed by atoms with Gasteiger partial charge in [0.05, 0.1) is 6.04 Å². The molecule has 1 aromatic carbocycles. The minimum Gasteiger partial charge on any atom is -0.292 e. The minimum absolute atomic E-state index is 0.00366. The Labute approximate surface area is 129 Å². The number of nitrogens with zero attached hydrogens (tertiary/aromatic N) is 1. The summed E-state index contributed by atoms with van der Waals surface area (Å²) in [7, 11) is 0. The lowest BCUT2D eigenvalue weighted by Gasteiger charge is -2.39. The molecule has 1 aromatic rings. The van der Waals surface area contributed by atoms with Crippen LogP contribution in [0, 0.1) is 13.8 Å². The molecule has 0 saturated carbocycles. The summed E-state index contributed by atoms with van der Waals surface area (Å²) in [5, 5.41) is 0. The van der Waals surface area contributed by atoms with E-state index in [-0.39, 0.29) is 11.8 Å². The molecule has 2 atom stereocenters. The number of Topliss-reactive ketones (excluding diaryl/α,β-unsaturated/α-hetero) is 1. The molecule has 1 aliphatic heterocycles. The predicted octanol–water partition coefficient (Wildman–Crippen LogP) is 4.53. The van der Waals surface area contributed by atoms with Crippen molar-refractivity contribution in [3.05, 3.63) is 34.9 Å². The SMILES string of the molecule is CCCC1CCCCN1C(C)C(=O)c1ccc(C)c(C)c1. The summed E-state index contributed by atoms with van der Waals surface area (Å²) in [6.07, 6.45) is 6.20. The Morgan fingerprint density at radius 2 is 2.05 bits per heavy atom. The lowest BCUT2D eigenvalue weighted by Crippen LogP contribution is -2.48. The van der Waals surface area contributed by atoms with Gasteiger partial charge in [-0.2, -0.15) is 0 Å². The topological polar surface area (TPSA) is 20.3 Å². The number of aryl methyl sites for hydroxylation is 2. The Kier molecular flexibility index (Phi) is 5.58. The third-order valence-corrected chi connectivity index (χ3v) is 4.96. The van der Waals surface area contributed by atoms with Crippen molar-refractivity contribution in [2.45, 2.75) is 71.9 Å². The first-order valence-electron chi connectivity index (χ1n) is 8.41. The van der Waals surface area contributed by atoms with Crippen LogP contribution in [0.2, 0.25) is 0 Å². The zero-order chi connectivity index (χ0) is 15.4. The summed E-state index contributed by atoms with van der Waals surface area (Å²) < 4.78 is 0. The van der Waals surface area contributed by atoms with E-state index in [4.69, 9.17) is 0 Å². The molecule has 1 heterocycles. The molecule has 0 amide bonds. The molecule has 0 aliphatic carbocycles. The van der Waals surface area contributed by atoms with Crippen LogP contribution in [0.15, 0.2) is 18.2 Å². The highest BCUT2D eigenvalue weighted by Crippen LogP contribution is 2.25. The van der Waals surface area contributed by atoms with Crippen LogP contribution in [-0.4, -0.2) is 29.3 Å². The maximum atomic E-state index is 12.8. The number of likely N-dealkylation sites (tertiary alicyclic amines) is 1. The van der Waals surface area contributed by atoms with Crippen LogP contribution in [0.1, 0.15) is 67.4 Å². The average Bonchev–Trinajstić information content (AvgIpc) is 2.49. The molecule has 0 bridgehead atoms. The number of rotatable bonds is 5. The van der Waals surface area contributed by atoms with Gasteiger partial charge < -0.3 is 0 Å². The highest BCUT2D eigenvalue weighted by Gasteiger charge is 2.30. The van der Waals surface area contributed by atoms with Gasteiger partial charge in [-0.15, -0.1) is 0 Å². The summed E-state index contributed by atoms with van der Waals surface area (Å²) >= 11 is 0. The van der Waals surface area contributed by atoms with E-state index >= 15 is 0 Å². The molecule has 2 heteroatoms. The second-order valence-electron chi connectivity index (χ2n) is 6.52. The molecule has 0 radical (unpaired) electrons. The van der Waals surface area contributed by atoms with E-state index in [1.165, 1.54) is 43.2 Å². The van der Waals surface area contributed by atoms with Crippen LogP contribution >= 0.6 is 0 Å². The quantitative estimate of drug-likeness (QED) is 0.742. The van der Waals surface area contributed by atoms with E-state index in [1.807, 2.05) is 12.1 Å². The first-order valence-corrected chi connectivity index (χ1v) is 8.41. The third-order valence-electron chi connectivity index (χ3n) is 4.96. The smallest absolute Gasteiger partial charge is 0.179 e. The van der Waals surface area contributed by atoms with Crippen molar-refractivity contribution in [2.24, 2.45) is 0 Å². The lowest BCUT2D eigenvalue weighted by molar-refractivity contribution is 0.0649. The van der Waals surface area contributed by atoms with E-state index in [2.05, 4.69) is 38.7 Å². The Balaban J connectivity index is 2.14. The highest BCUT2D eigenvalue weighted by molar-refractivity contribution is 6.00. The standard InChI is InChI=1S/C19H29NO/c1-5-8-18-9-6-7-12-20(18)16(4)19(21)17-11-10-14(2)15(3)13-17/h10-11,13,16,18H,5-9,12H2,1-4H3. The Bertz CT molecular complexity index is 492. The number of hydrogen-bond acceptors (Lipinski definition) is 2. The van der Waals surface area contributed by atoms with Gasteiger partial charge in [0.1, 0.15) is 0 Å². The van der Waals surface area contributed by atoms with Crippen molar-refractivity contribution >= 4 is 5.78 Å². The number of carbonyl (C=O) groups is 1. The number of benzene rings is 1. The molecule has 0 spiro atoms. The summed E-state index contributed by atoms with van der Waals surface area (Å²) in [6.45, 7) is 9.57. The summed E-state index contributed by atoms with van der Waals surface area (Å²) in [4.78, 5) is 15.3. The average molecular weight is 287 g/mol. The van der Waals surface area contributed by atoms with Crippen molar-refractivity contribution < 1.29 is 4.79 Å². The molecule has 21 heavy (non-hydrogen) atoms. The third kappa shape index (κ3) is 3.74. The Hall–Kier alpha value is -1.15. The van der Waals surface area contributed by atoms with Gasteiger partial charge in [0.25, 0.3) is 0 Å². The number of ketones is 1. The molecule has 2 nitrogen and oxygen atoms in total. The summed E-state index contributed by atoms with van der Waals surface area (Å²) in [5.41, 5.74) is 3.32. The van der Waals surface area contributed by atoms with Crippen molar-refractivity contribution in [3.8, 4) is 0 Å². The van der Waals surface area contributed by atoms with Crippen LogP contribution in [-0.2, 0) is 0 Å². The van der Waals surface area contributed by atoms with Gasteiger partial charge >= 0.3 is 0 Å². The van der Waals surface area contributed by atoms with Crippen LogP contribution in [0.4, 0.5) is 0 Å². The molecule has 0 aromatic heterocycles. The van der Waals surface area contributed by atoms with E-state index in [0.717, 1.165) is 12.1 Å². The van der Waals surface area contributed by atoms with Gasteiger partial charge in [0.2, 0.25) is 0 Å². The van der Waals surface area contributed by atoms with Crippen LogP contribution < -0.4 is 0 Å². The predicted molar refractivity (Wildman–Crippen MR) is 89.0 cm³/mol. The highest BCUT2D eigenvalue weighted by atomic mass is 16.1. The maximum Gasteiger partial charge on any atom is 0.179 e. The first kappa shape index (κ1) is 16.2. The largest absolute Gasteiger partial charge is 0.292 e. The van der Waals surface area contributed by atoms with Gasteiger partial charge in [0, 0.05) is 11.6 Å². The van der Waals surface area contributed by atoms with E-state index in [9.17, 15) is 4.79 Å². The fourth-order valence-electron chi connectivity index (χ4n) is 3.46. The fourth-order valence-corrected chi connectivity index (χ4v) is 3.46. The van der Waals surface area contributed by atoms with Crippen LogP contribution in [0.3, 0.4) is 0 Å². The van der Waals surface area contributed by atoms with Gasteiger partial charge in [0.15, 0.2) is 5.78 Å². The zero-order valence-electron chi connectivity index (χ0n) is 14.0. The zero-order valence-corrected chi connectivity index (χ0v) is 14.0. The van der Waals surface area contributed by atoms with Crippen molar-refractivity contribution in [3.63, 3.8) is 0 Å². The molecular weight excluding hydrogens is 258 g/mol. The molecular formula is C19H29NO. The van der Waals surface area contributed by atoms with E-state index < -0.39 is 0 Å².